The molecule has 0 spiro atoms. The summed E-state index contributed by atoms with van der Waals surface area (Å²) >= 11 is 0. The number of guanidine groups is 1. The first kappa shape index (κ1) is 27.3. The molecule has 1 atom stereocenters. The molecule has 2 heterocycles. The van der Waals surface area contributed by atoms with Crippen LogP contribution in [-0.4, -0.2) is 92.1 Å². The summed E-state index contributed by atoms with van der Waals surface area (Å²) in [7, 11) is 2.22. The normalized spacial score (nSPS) is 20.7. The van der Waals surface area contributed by atoms with E-state index in [1.54, 1.807) is 0 Å². The molecular weight excluding hydrogens is 511 g/mol. The highest BCUT2D eigenvalue weighted by Gasteiger charge is 2.25. The Morgan fingerprint density at radius 3 is 2.28 bits per heavy atom. The number of rotatable bonds is 8. The number of halogens is 1. The lowest BCUT2D eigenvalue weighted by atomic mass is 10.0. The molecule has 2 aliphatic heterocycles. The van der Waals surface area contributed by atoms with E-state index in [2.05, 4.69) is 83.5 Å². The highest BCUT2D eigenvalue weighted by atomic mass is 127. The summed E-state index contributed by atoms with van der Waals surface area (Å²) in [5.74, 6) is 1.60. The van der Waals surface area contributed by atoms with Crippen LogP contribution in [0.4, 0.5) is 0 Å². The minimum Gasteiger partial charge on any atom is -0.357 e. The summed E-state index contributed by atoms with van der Waals surface area (Å²) in [4.78, 5) is 12.7. The second-order valence-corrected chi connectivity index (χ2v) is 9.55. The molecule has 0 saturated carbocycles. The third-order valence-corrected chi connectivity index (χ3v) is 6.73. The molecule has 0 aromatic heterocycles. The average Bonchev–Trinajstić information content (AvgIpc) is 2.77. The van der Waals surface area contributed by atoms with E-state index in [-0.39, 0.29) is 24.0 Å². The molecule has 0 aliphatic carbocycles. The molecule has 0 radical (unpaired) electrons. The molecule has 32 heavy (non-hydrogen) atoms. The van der Waals surface area contributed by atoms with Crippen LogP contribution in [0.1, 0.15) is 39.2 Å². The number of hydrogen-bond acceptors (Lipinski definition) is 4. The number of nitrogens with one attached hydrogen (secondary N) is 2. The third kappa shape index (κ3) is 8.80. The molecule has 1 aromatic carbocycles. The van der Waals surface area contributed by atoms with Gasteiger partial charge in [0.2, 0.25) is 0 Å². The van der Waals surface area contributed by atoms with Crippen molar-refractivity contribution in [2.75, 3.05) is 59.4 Å². The van der Waals surface area contributed by atoms with Gasteiger partial charge >= 0.3 is 0 Å². The van der Waals surface area contributed by atoms with Crippen molar-refractivity contribution in [1.82, 2.24) is 25.3 Å². The first-order chi connectivity index (χ1) is 15.0. The van der Waals surface area contributed by atoms with E-state index in [0.29, 0.717) is 18.0 Å². The molecule has 1 aromatic rings. The van der Waals surface area contributed by atoms with E-state index in [4.69, 9.17) is 4.99 Å². The van der Waals surface area contributed by atoms with Gasteiger partial charge in [-0.15, -0.1) is 24.0 Å². The number of aliphatic imine (C=N–C) groups is 1. The van der Waals surface area contributed by atoms with Gasteiger partial charge in [0.1, 0.15) is 0 Å². The van der Waals surface area contributed by atoms with Crippen LogP contribution in [0.25, 0.3) is 0 Å². The number of hydrogen-bond donors (Lipinski definition) is 2. The van der Waals surface area contributed by atoms with Crippen molar-refractivity contribution >= 4 is 29.9 Å². The van der Waals surface area contributed by atoms with Crippen molar-refractivity contribution in [3.63, 3.8) is 0 Å². The largest absolute Gasteiger partial charge is 0.357 e. The summed E-state index contributed by atoms with van der Waals surface area (Å²) in [6.45, 7) is 16.6. The summed E-state index contributed by atoms with van der Waals surface area (Å²) in [6.07, 6.45) is 2.34. The SMILES string of the molecule is CCNC(=NCC(C(C)C)N1CCN(C)CC1)NC1CCN(Cc2ccccc2)CC1.I. The Hall–Kier alpha value is -0.900. The zero-order valence-electron chi connectivity index (χ0n) is 20.6. The van der Waals surface area contributed by atoms with Crippen LogP contribution in [0.2, 0.25) is 0 Å². The molecule has 7 heteroatoms. The van der Waals surface area contributed by atoms with Crippen molar-refractivity contribution in [1.29, 1.82) is 0 Å². The van der Waals surface area contributed by atoms with Gasteiger partial charge in [-0.2, -0.15) is 0 Å². The maximum Gasteiger partial charge on any atom is 0.191 e. The van der Waals surface area contributed by atoms with Gasteiger partial charge in [-0.25, -0.2) is 0 Å². The van der Waals surface area contributed by atoms with Gasteiger partial charge in [0.05, 0.1) is 6.54 Å². The fourth-order valence-corrected chi connectivity index (χ4v) is 4.68. The third-order valence-electron chi connectivity index (χ3n) is 6.73. The lowest BCUT2D eigenvalue weighted by Crippen LogP contribution is -2.52. The van der Waals surface area contributed by atoms with Gasteiger partial charge in [0.25, 0.3) is 0 Å². The number of piperidine rings is 1. The molecule has 0 amide bonds. The summed E-state index contributed by atoms with van der Waals surface area (Å²) in [5.41, 5.74) is 1.41. The average molecular weight is 557 g/mol. The highest BCUT2D eigenvalue weighted by Crippen LogP contribution is 2.15. The van der Waals surface area contributed by atoms with E-state index < -0.39 is 0 Å². The standard InChI is InChI=1S/C25H44N6.HI/c1-5-26-25(27-19-24(21(2)3)31-17-15-29(4)16-18-31)28-23-11-13-30(14-12-23)20-22-9-7-6-8-10-22;/h6-10,21,23-24H,5,11-20H2,1-4H3,(H2,26,27,28);1H. The molecule has 2 saturated heterocycles. The van der Waals surface area contributed by atoms with Crippen LogP contribution in [0.5, 0.6) is 0 Å². The number of benzene rings is 1. The zero-order chi connectivity index (χ0) is 22.1. The Morgan fingerprint density at radius 2 is 1.69 bits per heavy atom. The monoisotopic (exact) mass is 556 g/mol. The van der Waals surface area contributed by atoms with Gasteiger partial charge in [-0.1, -0.05) is 44.2 Å². The van der Waals surface area contributed by atoms with Crippen molar-refractivity contribution in [2.24, 2.45) is 10.9 Å². The summed E-state index contributed by atoms with van der Waals surface area (Å²) in [5, 5.41) is 7.21. The quantitative estimate of drug-likeness (QED) is 0.293. The number of likely N-dealkylation sites (tertiary alicyclic amines) is 1. The van der Waals surface area contributed by atoms with Gasteiger partial charge in [0.15, 0.2) is 5.96 Å². The Balaban J connectivity index is 0.00000363. The first-order valence-corrected chi connectivity index (χ1v) is 12.3. The van der Waals surface area contributed by atoms with Gasteiger partial charge in [-0.3, -0.25) is 14.8 Å². The van der Waals surface area contributed by atoms with E-state index >= 15 is 0 Å². The second-order valence-electron chi connectivity index (χ2n) is 9.55. The molecular formula is C25H45IN6. The summed E-state index contributed by atoms with van der Waals surface area (Å²) < 4.78 is 0. The van der Waals surface area contributed by atoms with E-state index in [9.17, 15) is 0 Å². The lowest BCUT2D eigenvalue weighted by molar-refractivity contribution is 0.0925. The van der Waals surface area contributed by atoms with Crippen molar-refractivity contribution in [3.05, 3.63) is 35.9 Å². The molecule has 6 nitrogen and oxygen atoms in total. The molecule has 0 bridgehead atoms. The minimum absolute atomic E-state index is 0. The Kier molecular flexibility index (Phi) is 12.3. The van der Waals surface area contributed by atoms with Crippen LogP contribution < -0.4 is 10.6 Å². The minimum atomic E-state index is 0. The maximum absolute atomic E-state index is 5.04. The first-order valence-electron chi connectivity index (χ1n) is 12.3. The predicted molar refractivity (Wildman–Crippen MR) is 147 cm³/mol. The smallest absolute Gasteiger partial charge is 0.191 e. The van der Waals surface area contributed by atoms with Gasteiger partial charge < -0.3 is 15.5 Å². The van der Waals surface area contributed by atoms with Gasteiger partial charge in [-0.05, 0) is 38.3 Å². The predicted octanol–water partition coefficient (Wildman–Crippen LogP) is 3.10. The van der Waals surface area contributed by atoms with Crippen molar-refractivity contribution in [3.8, 4) is 0 Å². The van der Waals surface area contributed by atoms with E-state index in [1.165, 1.54) is 18.4 Å². The highest BCUT2D eigenvalue weighted by molar-refractivity contribution is 14.0. The number of likely N-dealkylation sites (N-methyl/N-ethyl adjacent to an activating group) is 1. The fraction of sp³-hybridized carbons (Fsp3) is 0.720. The molecule has 2 aliphatic rings. The Bertz CT molecular complexity index is 652. The topological polar surface area (TPSA) is 46.1 Å². The van der Waals surface area contributed by atoms with Crippen molar-refractivity contribution < 1.29 is 0 Å². The van der Waals surface area contributed by atoms with Crippen LogP contribution in [0, 0.1) is 5.92 Å². The number of piperazine rings is 1. The second kappa shape index (κ2) is 14.4. The van der Waals surface area contributed by atoms with Crippen LogP contribution in [0.3, 0.4) is 0 Å². The fourth-order valence-electron chi connectivity index (χ4n) is 4.68. The van der Waals surface area contributed by atoms with Crippen molar-refractivity contribution in [2.45, 2.75) is 52.2 Å². The van der Waals surface area contributed by atoms with Crippen LogP contribution in [-0.2, 0) is 6.54 Å². The van der Waals surface area contributed by atoms with Crippen LogP contribution >= 0.6 is 24.0 Å². The Morgan fingerprint density at radius 1 is 1.03 bits per heavy atom. The molecule has 182 valence electrons. The Labute approximate surface area is 213 Å². The lowest BCUT2D eigenvalue weighted by Gasteiger charge is -2.39. The number of nitrogens with zero attached hydrogens (tertiary/aromatic N) is 4. The van der Waals surface area contributed by atoms with E-state index in [0.717, 1.165) is 64.9 Å². The van der Waals surface area contributed by atoms with E-state index in [1.807, 2.05) is 0 Å². The molecule has 2 N–H and O–H groups in total. The summed E-state index contributed by atoms with van der Waals surface area (Å²) in [6, 6.07) is 11.8. The van der Waals surface area contributed by atoms with Gasteiger partial charge in [0, 0.05) is 64.4 Å². The molecule has 2 fully saturated rings. The van der Waals surface area contributed by atoms with Crippen LogP contribution in [0.15, 0.2) is 35.3 Å². The molecule has 1 unspecified atom stereocenters. The zero-order valence-corrected chi connectivity index (χ0v) is 22.9. The maximum atomic E-state index is 5.04. The molecule has 3 rings (SSSR count).